The predicted octanol–water partition coefficient (Wildman–Crippen LogP) is 5.50. The zero-order chi connectivity index (χ0) is 24.3. The summed E-state index contributed by atoms with van der Waals surface area (Å²) in [5, 5.41) is 15.6. The number of aromatic nitrogens is 1. The van der Waals surface area contributed by atoms with Gasteiger partial charge in [0.1, 0.15) is 16.8 Å². The third-order valence-corrected chi connectivity index (χ3v) is 6.12. The number of ether oxygens (including phenoxy) is 1. The average molecular weight is 482 g/mol. The van der Waals surface area contributed by atoms with Gasteiger partial charge in [-0.3, -0.25) is 0 Å². The van der Waals surface area contributed by atoms with Gasteiger partial charge in [0.15, 0.2) is 0 Å². The molecule has 2 saturated carbocycles. The number of carbonyl (C=O) groups is 2. The van der Waals surface area contributed by atoms with Gasteiger partial charge < -0.3 is 20.5 Å². The molecule has 1 amide bonds. The van der Waals surface area contributed by atoms with Crippen LogP contribution in [0.4, 0.5) is 4.79 Å². The van der Waals surface area contributed by atoms with Crippen molar-refractivity contribution in [1.29, 1.82) is 0 Å². The number of rotatable bonds is 6. The summed E-state index contributed by atoms with van der Waals surface area (Å²) in [6, 6.07) is 3.87. The molecule has 33 heavy (non-hydrogen) atoms. The van der Waals surface area contributed by atoms with E-state index in [4.69, 9.17) is 21.4 Å². The van der Waals surface area contributed by atoms with Crippen molar-refractivity contribution in [2.45, 2.75) is 115 Å². The van der Waals surface area contributed by atoms with E-state index in [2.05, 4.69) is 15.6 Å². The fourth-order valence-electron chi connectivity index (χ4n) is 4.28. The third kappa shape index (κ3) is 11.7. The van der Waals surface area contributed by atoms with Crippen LogP contribution in [0.3, 0.4) is 0 Å². The molecule has 0 saturated heterocycles. The van der Waals surface area contributed by atoms with Crippen LogP contribution in [0, 0.1) is 0 Å². The molecule has 1 heterocycles. The van der Waals surface area contributed by atoms with Crippen LogP contribution in [0.5, 0.6) is 0 Å². The largest absolute Gasteiger partial charge is 0.480 e. The van der Waals surface area contributed by atoms with Crippen LogP contribution in [0.15, 0.2) is 18.3 Å². The number of alkyl carbamates (subject to hydrolysis) is 1. The molecule has 186 valence electrons. The summed E-state index contributed by atoms with van der Waals surface area (Å²) in [6.07, 6.45) is 15.4. The van der Waals surface area contributed by atoms with Gasteiger partial charge in [0.25, 0.3) is 0 Å². The van der Waals surface area contributed by atoms with Crippen LogP contribution in [0.25, 0.3) is 0 Å². The van der Waals surface area contributed by atoms with Crippen molar-refractivity contribution in [1.82, 2.24) is 15.6 Å². The van der Waals surface area contributed by atoms with Gasteiger partial charge in [-0.1, -0.05) is 56.2 Å². The highest BCUT2D eigenvalue weighted by Crippen LogP contribution is 2.22. The van der Waals surface area contributed by atoms with Crippen molar-refractivity contribution in [2.75, 3.05) is 0 Å². The molecular formula is C25H40ClN3O4. The van der Waals surface area contributed by atoms with Crippen LogP contribution >= 0.6 is 11.6 Å². The van der Waals surface area contributed by atoms with Crippen molar-refractivity contribution >= 4 is 23.7 Å². The second kappa shape index (κ2) is 13.8. The molecule has 3 N–H and O–H groups in total. The molecular weight excluding hydrogens is 442 g/mol. The third-order valence-electron chi connectivity index (χ3n) is 5.90. The molecule has 0 bridgehead atoms. The van der Waals surface area contributed by atoms with Crippen LogP contribution in [0.1, 0.15) is 90.5 Å². The van der Waals surface area contributed by atoms with Gasteiger partial charge in [-0.2, -0.15) is 0 Å². The SMILES string of the molecule is C1CCC(NC2CCCCC2)CC1.CC(C)(C)OC(=O)N[C@@H](Cc1ccc(Cl)nc1)C(=O)O. The fraction of sp³-hybridized carbons (Fsp3) is 0.720. The molecule has 0 aliphatic heterocycles. The Morgan fingerprint density at radius 1 is 1.06 bits per heavy atom. The van der Waals surface area contributed by atoms with Gasteiger partial charge in [-0.05, 0) is 58.1 Å². The van der Waals surface area contributed by atoms with E-state index in [9.17, 15) is 9.59 Å². The van der Waals surface area contributed by atoms with E-state index in [0.29, 0.717) is 10.7 Å². The first kappa shape index (κ1) is 27.4. The summed E-state index contributed by atoms with van der Waals surface area (Å²) in [7, 11) is 0. The number of carboxylic acid groups (broad SMARTS) is 1. The van der Waals surface area contributed by atoms with Crippen molar-refractivity contribution in [3.8, 4) is 0 Å². The maximum Gasteiger partial charge on any atom is 0.408 e. The lowest BCUT2D eigenvalue weighted by atomic mass is 9.91. The Morgan fingerprint density at radius 3 is 2.03 bits per heavy atom. The van der Waals surface area contributed by atoms with E-state index >= 15 is 0 Å². The molecule has 1 aromatic heterocycles. The molecule has 1 atom stereocenters. The average Bonchev–Trinajstić information content (AvgIpc) is 2.75. The van der Waals surface area contributed by atoms with Crippen molar-refractivity contribution in [2.24, 2.45) is 0 Å². The molecule has 8 heteroatoms. The van der Waals surface area contributed by atoms with Crippen molar-refractivity contribution in [3.63, 3.8) is 0 Å². The number of nitrogens with zero attached hydrogens (tertiary/aromatic N) is 1. The maximum absolute atomic E-state index is 11.6. The number of carbonyl (C=O) groups excluding carboxylic acids is 1. The number of pyridine rings is 1. The van der Waals surface area contributed by atoms with E-state index in [0.717, 1.165) is 12.1 Å². The van der Waals surface area contributed by atoms with Crippen LogP contribution < -0.4 is 10.6 Å². The molecule has 0 radical (unpaired) electrons. The first-order chi connectivity index (χ1) is 15.6. The predicted molar refractivity (Wildman–Crippen MR) is 131 cm³/mol. The van der Waals surface area contributed by atoms with E-state index < -0.39 is 23.7 Å². The summed E-state index contributed by atoms with van der Waals surface area (Å²) < 4.78 is 5.03. The van der Waals surface area contributed by atoms with Crippen LogP contribution in [0.2, 0.25) is 5.15 Å². The van der Waals surface area contributed by atoms with Crippen molar-refractivity contribution in [3.05, 3.63) is 29.0 Å². The number of halogens is 1. The standard InChI is InChI=1S/C13H17ClN2O4.C12H23N/c1-13(2,3)20-12(19)16-9(11(17)18)6-8-4-5-10(14)15-7-8;1-3-7-11(8-4-1)13-12-9-5-2-6-10-12/h4-5,7,9H,6H2,1-3H3,(H,16,19)(H,17,18);11-13H,1-10H2/t9-;/m0./s1. The Hall–Kier alpha value is -1.86. The highest BCUT2D eigenvalue weighted by atomic mass is 35.5. The van der Waals surface area contributed by atoms with Gasteiger partial charge in [-0.25, -0.2) is 14.6 Å². The Morgan fingerprint density at radius 2 is 1.61 bits per heavy atom. The summed E-state index contributed by atoms with van der Waals surface area (Å²) in [5.74, 6) is -1.15. The molecule has 7 nitrogen and oxygen atoms in total. The zero-order valence-electron chi connectivity index (χ0n) is 20.2. The minimum Gasteiger partial charge on any atom is -0.480 e. The normalized spacial score (nSPS) is 18.5. The van der Waals surface area contributed by atoms with E-state index in [1.165, 1.54) is 70.4 Å². The smallest absolute Gasteiger partial charge is 0.408 e. The number of carboxylic acids is 1. The minimum absolute atomic E-state index is 0.0960. The zero-order valence-corrected chi connectivity index (χ0v) is 21.0. The van der Waals surface area contributed by atoms with Crippen molar-refractivity contribution < 1.29 is 19.4 Å². The first-order valence-corrected chi connectivity index (χ1v) is 12.6. The van der Waals surface area contributed by atoms with E-state index in [1.54, 1.807) is 32.9 Å². The Bertz CT molecular complexity index is 708. The van der Waals surface area contributed by atoms with Crippen LogP contribution in [-0.2, 0) is 16.0 Å². The first-order valence-electron chi connectivity index (χ1n) is 12.2. The molecule has 3 rings (SSSR count). The summed E-state index contributed by atoms with van der Waals surface area (Å²) in [5.41, 5.74) is -0.0348. The molecule has 0 aromatic carbocycles. The number of aliphatic carboxylic acids is 1. The highest BCUT2D eigenvalue weighted by Gasteiger charge is 2.24. The molecule has 2 aliphatic carbocycles. The quantitative estimate of drug-likeness (QED) is 0.464. The van der Waals surface area contributed by atoms with Gasteiger partial charge in [0, 0.05) is 24.7 Å². The Labute approximate surface area is 203 Å². The van der Waals surface area contributed by atoms with Gasteiger partial charge in [0.2, 0.25) is 0 Å². The monoisotopic (exact) mass is 481 g/mol. The molecule has 2 aliphatic rings. The second-order valence-electron chi connectivity index (χ2n) is 10.1. The topological polar surface area (TPSA) is 101 Å². The molecule has 1 aromatic rings. The van der Waals surface area contributed by atoms with E-state index in [-0.39, 0.29) is 6.42 Å². The maximum atomic E-state index is 11.6. The van der Waals surface area contributed by atoms with Crippen LogP contribution in [-0.4, -0.2) is 45.9 Å². The summed E-state index contributed by atoms with van der Waals surface area (Å²) in [6.45, 7) is 5.10. The van der Waals surface area contributed by atoms with Gasteiger partial charge >= 0.3 is 12.1 Å². The molecule has 0 unspecified atom stereocenters. The lowest BCUT2D eigenvalue weighted by Crippen LogP contribution is -2.44. The minimum atomic E-state index is -1.15. The Kier molecular flexibility index (Phi) is 11.4. The highest BCUT2D eigenvalue weighted by molar-refractivity contribution is 6.29. The Balaban J connectivity index is 0.000000254. The van der Waals surface area contributed by atoms with Gasteiger partial charge in [0.05, 0.1) is 0 Å². The number of nitrogens with one attached hydrogen (secondary N) is 2. The molecule has 2 fully saturated rings. The second-order valence-corrected chi connectivity index (χ2v) is 10.5. The number of hydrogen-bond acceptors (Lipinski definition) is 5. The van der Waals surface area contributed by atoms with Gasteiger partial charge in [-0.15, -0.1) is 0 Å². The lowest BCUT2D eigenvalue weighted by Gasteiger charge is -2.30. The number of amides is 1. The summed E-state index contributed by atoms with van der Waals surface area (Å²) in [4.78, 5) is 26.6. The fourth-order valence-corrected chi connectivity index (χ4v) is 4.40. The lowest BCUT2D eigenvalue weighted by molar-refractivity contribution is -0.139. The molecule has 0 spiro atoms. The number of hydrogen-bond donors (Lipinski definition) is 3. The summed E-state index contributed by atoms with van der Waals surface area (Å²) >= 11 is 5.65. The van der Waals surface area contributed by atoms with E-state index in [1.807, 2.05) is 0 Å².